The summed E-state index contributed by atoms with van der Waals surface area (Å²) in [7, 11) is 0. The zero-order valence-electron chi connectivity index (χ0n) is 16.1. The molecule has 0 aliphatic heterocycles. The summed E-state index contributed by atoms with van der Waals surface area (Å²) >= 11 is 1.33. The van der Waals surface area contributed by atoms with Gasteiger partial charge in [-0.2, -0.15) is 0 Å². The van der Waals surface area contributed by atoms with Gasteiger partial charge in [-0.1, -0.05) is 48.2 Å². The van der Waals surface area contributed by atoms with Crippen LogP contribution in [-0.4, -0.2) is 36.3 Å². The van der Waals surface area contributed by atoms with Crippen molar-refractivity contribution in [2.24, 2.45) is 0 Å². The van der Waals surface area contributed by atoms with Gasteiger partial charge in [-0.3, -0.25) is 4.79 Å². The number of nitrogens with zero attached hydrogens (tertiary/aromatic N) is 4. The van der Waals surface area contributed by atoms with E-state index >= 15 is 0 Å². The number of aromatic amines is 1. The summed E-state index contributed by atoms with van der Waals surface area (Å²) in [5, 5.41) is 11.2. The van der Waals surface area contributed by atoms with E-state index in [9.17, 15) is 4.79 Å². The van der Waals surface area contributed by atoms with Gasteiger partial charge >= 0.3 is 0 Å². The third kappa shape index (κ3) is 2.89. The topological polar surface area (TPSA) is 76.5 Å². The molecule has 0 saturated carbocycles. The molecule has 0 atom stereocenters. The van der Waals surface area contributed by atoms with Crippen LogP contribution in [0.15, 0.2) is 53.7 Å². The van der Waals surface area contributed by atoms with Crippen molar-refractivity contribution in [1.29, 1.82) is 0 Å². The lowest BCUT2D eigenvalue weighted by molar-refractivity contribution is 0.102. The van der Waals surface area contributed by atoms with Gasteiger partial charge in [-0.05, 0) is 26.0 Å². The van der Waals surface area contributed by atoms with Gasteiger partial charge in [0.05, 0.1) is 11.3 Å². The second kappa shape index (κ2) is 7.00. The number of ketones is 1. The molecule has 0 spiro atoms. The Morgan fingerprint density at radius 1 is 1.07 bits per heavy atom. The summed E-state index contributed by atoms with van der Waals surface area (Å²) < 4.78 is 2.13. The first-order valence-electron chi connectivity index (χ1n) is 9.52. The largest absolute Gasteiger partial charge is 0.358 e. The Labute approximate surface area is 171 Å². The highest BCUT2D eigenvalue weighted by Gasteiger charge is 2.18. The van der Waals surface area contributed by atoms with Crippen LogP contribution in [0.2, 0.25) is 0 Å². The summed E-state index contributed by atoms with van der Waals surface area (Å²) in [5.41, 5.74) is 5.30. The minimum Gasteiger partial charge on any atom is -0.358 e. The van der Waals surface area contributed by atoms with Crippen molar-refractivity contribution in [3.63, 3.8) is 0 Å². The normalized spacial score (nSPS) is 11.7. The molecular weight excluding hydrogens is 382 g/mol. The van der Waals surface area contributed by atoms with E-state index < -0.39 is 0 Å². The van der Waals surface area contributed by atoms with Crippen molar-refractivity contribution in [2.45, 2.75) is 25.5 Å². The molecule has 2 aromatic carbocycles. The molecule has 0 unspecified atom stereocenters. The lowest BCUT2D eigenvalue weighted by atomic mass is 10.1. The Morgan fingerprint density at radius 2 is 1.83 bits per heavy atom. The van der Waals surface area contributed by atoms with Crippen LogP contribution in [0.1, 0.15) is 23.0 Å². The van der Waals surface area contributed by atoms with E-state index in [4.69, 9.17) is 4.98 Å². The van der Waals surface area contributed by atoms with E-state index in [1.54, 1.807) is 0 Å². The molecule has 0 aliphatic rings. The third-order valence-corrected chi connectivity index (χ3v) is 6.01. The quantitative estimate of drug-likeness (QED) is 0.339. The summed E-state index contributed by atoms with van der Waals surface area (Å²) in [6.45, 7) is 4.81. The van der Waals surface area contributed by atoms with Crippen LogP contribution in [0.5, 0.6) is 0 Å². The van der Waals surface area contributed by atoms with Crippen molar-refractivity contribution < 1.29 is 4.79 Å². The summed E-state index contributed by atoms with van der Waals surface area (Å²) in [4.78, 5) is 20.9. The molecule has 1 N–H and O–H groups in total. The van der Waals surface area contributed by atoms with Gasteiger partial charge in [0.15, 0.2) is 11.4 Å². The number of hydrogen-bond acceptors (Lipinski definition) is 5. The highest BCUT2D eigenvalue weighted by molar-refractivity contribution is 7.99. The molecule has 0 bridgehead atoms. The zero-order valence-corrected chi connectivity index (χ0v) is 17.0. The van der Waals surface area contributed by atoms with Crippen LogP contribution in [0.25, 0.3) is 33.0 Å². The highest BCUT2D eigenvalue weighted by Crippen LogP contribution is 2.28. The monoisotopic (exact) mass is 401 g/mol. The minimum atomic E-state index is 0.0599. The van der Waals surface area contributed by atoms with E-state index in [0.29, 0.717) is 5.16 Å². The number of benzene rings is 2. The zero-order chi connectivity index (χ0) is 20.0. The molecule has 0 radical (unpaired) electrons. The number of carbonyl (C=O) groups is 1. The molecule has 0 saturated heterocycles. The maximum atomic E-state index is 12.9. The second-order valence-corrected chi connectivity index (χ2v) is 7.85. The van der Waals surface area contributed by atoms with E-state index in [0.717, 1.165) is 50.8 Å². The number of nitrogens with one attached hydrogen (secondary N) is 1. The van der Waals surface area contributed by atoms with Gasteiger partial charge in [0.25, 0.3) is 0 Å². The number of rotatable bonds is 5. The summed E-state index contributed by atoms with van der Waals surface area (Å²) in [6.07, 6.45) is 0. The predicted molar refractivity (Wildman–Crippen MR) is 117 cm³/mol. The average Bonchev–Trinajstić information content (AvgIpc) is 3.25. The van der Waals surface area contributed by atoms with Gasteiger partial charge in [0.2, 0.25) is 5.16 Å². The Hall–Kier alpha value is -3.19. The van der Waals surface area contributed by atoms with Crippen molar-refractivity contribution in [3.05, 3.63) is 59.8 Å². The number of aromatic nitrogens is 5. The van der Waals surface area contributed by atoms with Crippen LogP contribution >= 0.6 is 11.8 Å². The van der Waals surface area contributed by atoms with Crippen molar-refractivity contribution in [2.75, 3.05) is 5.75 Å². The molecule has 0 amide bonds. The average molecular weight is 401 g/mol. The minimum absolute atomic E-state index is 0.0599. The molecule has 5 aromatic rings. The number of thioether (sulfide) groups is 1. The number of carbonyl (C=O) groups excluding carboxylic acids is 1. The summed E-state index contributed by atoms with van der Waals surface area (Å²) in [6, 6.07) is 16.0. The van der Waals surface area contributed by atoms with Crippen LogP contribution in [0, 0.1) is 6.92 Å². The molecule has 29 heavy (non-hydrogen) atoms. The molecule has 5 rings (SSSR count). The van der Waals surface area contributed by atoms with Crippen LogP contribution in [-0.2, 0) is 6.54 Å². The second-order valence-electron chi connectivity index (χ2n) is 6.91. The molecular formula is C22H19N5OS. The van der Waals surface area contributed by atoms with Gasteiger partial charge in [-0.25, -0.2) is 4.98 Å². The maximum absolute atomic E-state index is 12.9. The van der Waals surface area contributed by atoms with E-state index in [2.05, 4.69) is 32.7 Å². The van der Waals surface area contributed by atoms with E-state index in [1.165, 1.54) is 11.8 Å². The van der Waals surface area contributed by atoms with Crippen LogP contribution in [0.4, 0.5) is 0 Å². The Kier molecular flexibility index (Phi) is 4.32. The van der Waals surface area contributed by atoms with Gasteiger partial charge < -0.3 is 9.55 Å². The van der Waals surface area contributed by atoms with Crippen LogP contribution in [0.3, 0.4) is 0 Å². The fourth-order valence-corrected chi connectivity index (χ4v) is 4.56. The lowest BCUT2D eigenvalue weighted by Crippen LogP contribution is -2.05. The van der Waals surface area contributed by atoms with Gasteiger partial charge in [-0.15, -0.1) is 10.2 Å². The fraction of sp³-hybridized carbons (Fsp3) is 0.182. The van der Waals surface area contributed by atoms with E-state index in [1.807, 2.05) is 49.4 Å². The number of para-hydroxylation sites is 2. The van der Waals surface area contributed by atoms with E-state index in [-0.39, 0.29) is 11.5 Å². The lowest BCUT2D eigenvalue weighted by Gasteiger charge is -2.03. The first-order chi connectivity index (χ1) is 14.2. The van der Waals surface area contributed by atoms with Crippen molar-refractivity contribution in [1.82, 2.24) is 24.7 Å². The van der Waals surface area contributed by atoms with Crippen molar-refractivity contribution >= 4 is 50.5 Å². The third-order valence-electron chi connectivity index (χ3n) is 5.18. The molecule has 3 aromatic heterocycles. The smallest absolute Gasteiger partial charge is 0.211 e. The molecule has 7 heteroatoms. The Morgan fingerprint density at radius 3 is 2.66 bits per heavy atom. The predicted octanol–water partition coefficient (Wildman–Crippen LogP) is 4.76. The highest BCUT2D eigenvalue weighted by atomic mass is 32.2. The molecule has 0 fully saturated rings. The first-order valence-corrected chi connectivity index (χ1v) is 10.5. The number of fused-ring (bicyclic) bond motifs is 4. The van der Waals surface area contributed by atoms with Gasteiger partial charge in [0, 0.05) is 34.1 Å². The Balaban J connectivity index is 1.47. The SMILES string of the molecule is CCn1c2ccccc2c2nnc(SCC(=O)c3c(C)[nH]c4ccccc34)nc21. The molecule has 6 nitrogen and oxygen atoms in total. The van der Waals surface area contributed by atoms with Gasteiger partial charge in [0.1, 0.15) is 5.52 Å². The molecule has 144 valence electrons. The number of hydrogen-bond donors (Lipinski definition) is 1. The standard InChI is InChI=1S/C22H19N5OS/c1-3-27-17-11-7-5-9-15(17)20-21(27)24-22(26-25-20)29-12-18(28)19-13(2)23-16-10-6-4-8-14(16)19/h4-11,23H,3,12H2,1-2H3. The van der Waals surface area contributed by atoms with Crippen LogP contribution < -0.4 is 0 Å². The fourth-order valence-electron chi connectivity index (χ4n) is 3.91. The maximum Gasteiger partial charge on any atom is 0.211 e. The Bertz CT molecular complexity index is 1380. The molecule has 0 aliphatic carbocycles. The number of aryl methyl sites for hydroxylation is 2. The number of H-pyrrole nitrogens is 1. The number of Topliss-reactive ketones (excluding diaryl/α,β-unsaturated/α-hetero) is 1. The first kappa shape index (κ1) is 17.9. The summed E-state index contributed by atoms with van der Waals surface area (Å²) in [5.74, 6) is 0.326. The van der Waals surface area contributed by atoms with Crippen molar-refractivity contribution in [3.8, 4) is 0 Å². The molecule has 3 heterocycles.